The lowest BCUT2D eigenvalue weighted by Crippen LogP contribution is -2.27. The van der Waals surface area contributed by atoms with Crippen molar-refractivity contribution in [2.45, 2.75) is 11.8 Å². The number of para-hydroxylation sites is 1. The van der Waals surface area contributed by atoms with Crippen LogP contribution in [0.4, 0.5) is 0 Å². The SMILES string of the molecule is CCN(C)S(=O)(=O)c1cc(-c2ccnn2-c2ccccc2Cl)c(OC)cc1OC. The summed E-state index contributed by atoms with van der Waals surface area (Å²) in [6, 6.07) is 12.2. The first-order chi connectivity index (χ1) is 13.8. The van der Waals surface area contributed by atoms with Crippen LogP contribution < -0.4 is 9.47 Å². The molecule has 1 aromatic heterocycles. The van der Waals surface area contributed by atoms with Crippen molar-refractivity contribution in [1.82, 2.24) is 14.1 Å². The standard InChI is InChI=1S/C20H22ClN3O4S/c1-5-23(2)29(25,26)20-12-14(18(27-3)13-19(20)28-4)16-10-11-22-24(16)17-9-7-6-8-15(17)21/h6-13H,5H2,1-4H3. The predicted molar refractivity (Wildman–Crippen MR) is 113 cm³/mol. The molecular weight excluding hydrogens is 414 g/mol. The fraction of sp³-hybridized carbons (Fsp3) is 0.250. The fourth-order valence-electron chi connectivity index (χ4n) is 2.93. The van der Waals surface area contributed by atoms with Gasteiger partial charge in [0.1, 0.15) is 16.4 Å². The van der Waals surface area contributed by atoms with Crippen LogP contribution in [0.5, 0.6) is 11.5 Å². The first-order valence-electron chi connectivity index (χ1n) is 8.86. The minimum absolute atomic E-state index is 0.0482. The van der Waals surface area contributed by atoms with E-state index in [9.17, 15) is 8.42 Å². The van der Waals surface area contributed by atoms with E-state index in [4.69, 9.17) is 21.1 Å². The van der Waals surface area contributed by atoms with E-state index in [-0.39, 0.29) is 10.6 Å². The maximum atomic E-state index is 13.0. The van der Waals surface area contributed by atoms with Gasteiger partial charge >= 0.3 is 0 Å². The Morgan fingerprint density at radius 3 is 2.41 bits per heavy atom. The van der Waals surface area contributed by atoms with Gasteiger partial charge in [-0.15, -0.1) is 0 Å². The second-order valence-electron chi connectivity index (χ2n) is 6.20. The molecule has 1 heterocycles. The summed E-state index contributed by atoms with van der Waals surface area (Å²) in [5, 5.41) is 4.89. The fourth-order valence-corrected chi connectivity index (χ4v) is 4.49. The lowest BCUT2D eigenvalue weighted by atomic mass is 10.1. The Hall–Kier alpha value is -2.55. The Labute approximate surface area is 175 Å². The van der Waals surface area contributed by atoms with Gasteiger partial charge in [-0.05, 0) is 24.3 Å². The molecule has 0 unspecified atom stereocenters. The normalized spacial score (nSPS) is 11.7. The van der Waals surface area contributed by atoms with E-state index in [1.54, 1.807) is 42.1 Å². The molecule has 3 rings (SSSR count). The summed E-state index contributed by atoms with van der Waals surface area (Å²) in [6.07, 6.45) is 1.62. The van der Waals surface area contributed by atoms with E-state index >= 15 is 0 Å². The number of aromatic nitrogens is 2. The number of sulfonamides is 1. The van der Waals surface area contributed by atoms with Crippen LogP contribution in [0.1, 0.15) is 6.92 Å². The van der Waals surface area contributed by atoms with Crippen LogP contribution in [0, 0.1) is 0 Å². The lowest BCUT2D eigenvalue weighted by molar-refractivity contribution is 0.384. The van der Waals surface area contributed by atoms with Crippen LogP contribution in [-0.2, 0) is 10.0 Å². The Kier molecular flexibility index (Phi) is 6.16. The smallest absolute Gasteiger partial charge is 0.246 e. The van der Waals surface area contributed by atoms with Crippen molar-refractivity contribution in [2.75, 3.05) is 27.8 Å². The van der Waals surface area contributed by atoms with E-state index in [1.807, 2.05) is 18.2 Å². The van der Waals surface area contributed by atoms with Crippen molar-refractivity contribution in [3.8, 4) is 28.4 Å². The molecule has 0 saturated carbocycles. The van der Waals surface area contributed by atoms with Crippen molar-refractivity contribution in [3.05, 3.63) is 53.7 Å². The van der Waals surface area contributed by atoms with Crippen LogP contribution in [0.15, 0.2) is 53.6 Å². The van der Waals surface area contributed by atoms with Gasteiger partial charge in [-0.2, -0.15) is 5.10 Å². The molecule has 9 heteroatoms. The molecule has 0 aliphatic heterocycles. The second kappa shape index (κ2) is 8.44. The molecule has 0 amide bonds. The monoisotopic (exact) mass is 435 g/mol. The van der Waals surface area contributed by atoms with Crippen molar-refractivity contribution >= 4 is 21.6 Å². The third-order valence-corrected chi connectivity index (χ3v) is 6.89. The molecule has 3 aromatic rings. The molecule has 0 bridgehead atoms. The summed E-state index contributed by atoms with van der Waals surface area (Å²) < 4.78 is 39.8. The van der Waals surface area contributed by atoms with E-state index < -0.39 is 10.0 Å². The minimum atomic E-state index is -3.76. The number of benzene rings is 2. The summed E-state index contributed by atoms with van der Waals surface area (Å²) in [6.45, 7) is 2.09. The number of nitrogens with zero attached hydrogens (tertiary/aromatic N) is 3. The lowest BCUT2D eigenvalue weighted by Gasteiger charge is -2.20. The van der Waals surface area contributed by atoms with Crippen molar-refractivity contribution in [1.29, 1.82) is 0 Å². The topological polar surface area (TPSA) is 73.7 Å². The first-order valence-corrected chi connectivity index (χ1v) is 10.7. The van der Waals surface area contributed by atoms with Crippen LogP contribution in [0.2, 0.25) is 5.02 Å². The van der Waals surface area contributed by atoms with Crippen LogP contribution >= 0.6 is 11.6 Å². The third kappa shape index (κ3) is 3.83. The highest BCUT2D eigenvalue weighted by atomic mass is 35.5. The van der Waals surface area contributed by atoms with Crippen molar-refractivity contribution in [2.24, 2.45) is 0 Å². The summed E-state index contributed by atoms with van der Waals surface area (Å²) in [5.74, 6) is 0.656. The van der Waals surface area contributed by atoms with Crippen LogP contribution in [-0.4, -0.2) is 50.3 Å². The summed E-state index contributed by atoms with van der Waals surface area (Å²) in [7, 11) is 0.700. The van der Waals surface area contributed by atoms with E-state index in [1.165, 1.54) is 25.6 Å². The van der Waals surface area contributed by atoms with Gasteiger partial charge in [-0.25, -0.2) is 17.4 Å². The average Bonchev–Trinajstić information content (AvgIpc) is 3.21. The average molecular weight is 436 g/mol. The number of hydrogen-bond donors (Lipinski definition) is 0. The molecule has 2 aromatic carbocycles. The highest BCUT2D eigenvalue weighted by Gasteiger charge is 2.27. The number of halogens is 1. The summed E-state index contributed by atoms with van der Waals surface area (Å²) in [4.78, 5) is 0.0482. The number of hydrogen-bond acceptors (Lipinski definition) is 5. The van der Waals surface area contributed by atoms with Gasteiger partial charge < -0.3 is 9.47 Å². The molecule has 0 radical (unpaired) electrons. The highest BCUT2D eigenvalue weighted by molar-refractivity contribution is 7.89. The van der Waals surface area contributed by atoms with Crippen LogP contribution in [0.3, 0.4) is 0 Å². The largest absolute Gasteiger partial charge is 0.496 e. The Bertz CT molecular complexity index is 1130. The molecule has 0 aliphatic carbocycles. The molecule has 7 nitrogen and oxygen atoms in total. The molecule has 0 saturated heterocycles. The molecule has 154 valence electrons. The van der Waals surface area contributed by atoms with E-state index in [0.29, 0.717) is 34.3 Å². The minimum Gasteiger partial charge on any atom is -0.496 e. The molecule has 0 fully saturated rings. The van der Waals surface area contributed by atoms with Gasteiger partial charge in [-0.3, -0.25) is 0 Å². The number of ether oxygens (including phenoxy) is 2. The van der Waals surface area contributed by atoms with Crippen molar-refractivity contribution < 1.29 is 17.9 Å². The number of rotatable bonds is 7. The van der Waals surface area contributed by atoms with E-state index in [0.717, 1.165) is 0 Å². The molecular formula is C20H22ClN3O4S. The highest BCUT2D eigenvalue weighted by Crippen LogP contribution is 2.40. The van der Waals surface area contributed by atoms with Gasteiger partial charge in [0.05, 0.1) is 36.8 Å². The second-order valence-corrected chi connectivity index (χ2v) is 8.62. The zero-order valence-corrected chi connectivity index (χ0v) is 18.2. The molecule has 0 atom stereocenters. The quantitative estimate of drug-likeness (QED) is 0.563. The maximum Gasteiger partial charge on any atom is 0.246 e. The molecule has 0 N–H and O–H groups in total. The molecule has 0 aliphatic rings. The molecule has 29 heavy (non-hydrogen) atoms. The van der Waals surface area contributed by atoms with Gasteiger partial charge in [0.25, 0.3) is 0 Å². The van der Waals surface area contributed by atoms with Gasteiger partial charge in [-0.1, -0.05) is 30.7 Å². The zero-order valence-electron chi connectivity index (χ0n) is 16.6. The maximum absolute atomic E-state index is 13.0. The Morgan fingerprint density at radius 2 is 1.79 bits per heavy atom. The van der Waals surface area contributed by atoms with Crippen molar-refractivity contribution in [3.63, 3.8) is 0 Å². The summed E-state index contributed by atoms with van der Waals surface area (Å²) >= 11 is 6.35. The van der Waals surface area contributed by atoms with Gasteiger partial charge in [0, 0.05) is 25.2 Å². The third-order valence-electron chi connectivity index (χ3n) is 4.62. The Morgan fingerprint density at radius 1 is 1.10 bits per heavy atom. The van der Waals surface area contributed by atoms with Gasteiger partial charge in [0.15, 0.2) is 0 Å². The number of methoxy groups -OCH3 is 2. The first kappa shape index (κ1) is 21.2. The van der Waals surface area contributed by atoms with E-state index in [2.05, 4.69) is 5.10 Å². The Balaban J connectivity index is 2.28. The molecule has 0 spiro atoms. The van der Waals surface area contributed by atoms with Crippen LogP contribution in [0.25, 0.3) is 16.9 Å². The summed E-state index contributed by atoms with van der Waals surface area (Å²) in [5.41, 5.74) is 1.85. The van der Waals surface area contributed by atoms with Gasteiger partial charge in [0.2, 0.25) is 10.0 Å². The zero-order chi connectivity index (χ0) is 21.2. The predicted octanol–water partition coefficient (Wildman–Crippen LogP) is 3.85.